The van der Waals surface area contributed by atoms with E-state index in [4.69, 9.17) is 13.9 Å². The van der Waals surface area contributed by atoms with Gasteiger partial charge in [-0.15, -0.1) is 0 Å². The summed E-state index contributed by atoms with van der Waals surface area (Å²) in [5.74, 6) is 2.27. The van der Waals surface area contributed by atoms with Crippen molar-refractivity contribution in [2.24, 2.45) is 5.92 Å². The molecule has 1 aliphatic rings. The minimum atomic E-state index is -0.0658. The van der Waals surface area contributed by atoms with Crippen LogP contribution in [0.15, 0.2) is 41.0 Å². The number of carbonyl (C=O) groups excluding carboxylic acids is 1. The average molecular weight is 301 g/mol. The fourth-order valence-electron chi connectivity index (χ4n) is 2.43. The van der Waals surface area contributed by atoms with Gasteiger partial charge >= 0.3 is 0 Å². The molecule has 22 heavy (non-hydrogen) atoms. The predicted octanol–water partition coefficient (Wildman–Crippen LogP) is 3.19. The van der Waals surface area contributed by atoms with Crippen molar-refractivity contribution in [3.05, 3.63) is 47.9 Å². The Labute approximate surface area is 129 Å². The van der Waals surface area contributed by atoms with Crippen molar-refractivity contribution in [3.8, 4) is 11.5 Å². The molecule has 1 aromatic heterocycles. The highest BCUT2D eigenvalue weighted by molar-refractivity contribution is 5.78. The summed E-state index contributed by atoms with van der Waals surface area (Å²) in [6.45, 7) is 5.01. The molecule has 0 bridgehead atoms. The maximum absolute atomic E-state index is 12.4. The van der Waals surface area contributed by atoms with E-state index in [1.807, 2.05) is 44.2 Å². The molecule has 0 radical (unpaired) electrons. The van der Waals surface area contributed by atoms with Gasteiger partial charge < -0.3 is 18.8 Å². The topological polar surface area (TPSA) is 51.9 Å². The number of hydrogen-bond donors (Lipinski definition) is 0. The van der Waals surface area contributed by atoms with E-state index in [-0.39, 0.29) is 18.6 Å². The van der Waals surface area contributed by atoms with Crippen LogP contribution < -0.4 is 9.47 Å². The molecule has 0 fully saturated rings. The van der Waals surface area contributed by atoms with E-state index in [0.717, 1.165) is 22.8 Å². The molecule has 1 amide bonds. The van der Waals surface area contributed by atoms with E-state index < -0.39 is 0 Å². The molecule has 0 atom stereocenters. The first kappa shape index (κ1) is 14.5. The number of amides is 1. The SMILES string of the molecule is CC(C)C(=O)N(Cc1ccc2c(c1)OCO2)Cc1ccco1. The molecule has 1 aliphatic heterocycles. The van der Waals surface area contributed by atoms with Crippen molar-refractivity contribution in [3.63, 3.8) is 0 Å². The van der Waals surface area contributed by atoms with E-state index in [1.165, 1.54) is 0 Å². The third-order valence-corrected chi connectivity index (χ3v) is 3.54. The molecule has 2 heterocycles. The van der Waals surface area contributed by atoms with Crippen LogP contribution in [-0.4, -0.2) is 17.6 Å². The van der Waals surface area contributed by atoms with E-state index >= 15 is 0 Å². The lowest BCUT2D eigenvalue weighted by Gasteiger charge is -2.24. The molecule has 0 unspecified atom stereocenters. The Bertz CT molecular complexity index is 649. The zero-order chi connectivity index (χ0) is 15.5. The summed E-state index contributed by atoms with van der Waals surface area (Å²) in [6.07, 6.45) is 1.62. The number of hydrogen-bond acceptors (Lipinski definition) is 4. The summed E-state index contributed by atoms with van der Waals surface area (Å²) in [6, 6.07) is 9.46. The van der Waals surface area contributed by atoms with Crippen LogP contribution in [0, 0.1) is 5.92 Å². The van der Waals surface area contributed by atoms with Gasteiger partial charge in [0, 0.05) is 12.5 Å². The molecule has 2 aromatic rings. The lowest BCUT2D eigenvalue weighted by Crippen LogP contribution is -2.33. The molecule has 0 N–H and O–H groups in total. The van der Waals surface area contributed by atoms with Gasteiger partial charge in [-0.25, -0.2) is 0 Å². The Morgan fingerprint density at radius 1 is 1.18 bits per heavy atom. The lowest BCUT2D eigenvalue weighted by molar-refractivity contribution is -0.136. The second kappa shape index (κ2) is 6.13. The summed E-state index contributed by atoms with van der Waals surface area (Å²) in [7, 11) is 0. The highest BCUT2D eigenvalue weighted by atomic mass is 16.7. The second-order valence-electron chi connectivity index (χ2n) is 5.62. The van der Waals surface area contributed by atoms with Crippen molar-refractivity contribution in [1.82, 2.24) is 4.90 Å². The summed E-state index contributed by atoms with van der Waals surface area (Å²) in [4.78, 5) is 14.2. The number of furan rings is 1. The lowest BCUT2D eigenvalue weighted by atomic mass is 10.1. The van der Waals surface area contributed by atoms with Crippen molar-refractivity contribution in [1.29, 1.82) is 0 Å². The van der Waals surface area contributed by atoms with Crippen molar-refractivity contribution in [2.75, 3.05) is 6.79 Å². The minimum absolute atomic E-state index is 0.0658. The van der Waals surface area contributed by atoms with Gasteiger partial charge in [0.1, 0.15) is 5.76 Å². The third kappa shape index (κ3) is 3.08. The van der Waals surface area contributed by atoms with Gasteiger partial charge in [0.25, 0.3) is 0 Å². The van der Waals surface area contributed by atoms with Gasteiger partial charge in [-0.1, -0.05) is 19.9 Å². The number of nitrogens with zero attached hydrogens (tertiary/aromatic N) is 1. The predicted molar refractivity (Wildman–Crippen MR) is 80.4 cm³/mol. The summed E-state index contributed by atoms with van der Waals surface area (Å²) in [5.41, 5.74) is 1.00. The average Bonchev–Trinajstić information content (AvgIpc) is 3.16. The third-order valence-electron chi connectivity index (χ3n) is 3.54. The zero-order valence-electron chi connectivity index (χ0n) is 12.7. The largest absolute Gasteiger partial charge is 0.467 e. The first-order chi connectivity index (χ1) is 10.6. The number of rotatable bonds is 5. The Balaban J connectivity index is 1.78. The smallest absolute Gasteiger partial charge is 0.231 e. The first-order valence-corrected chi connectivity index (χ1v) is 7.33. The summed E-state index contributed by atoms with van der Waals surface area (Å²) in [5, 5.41) is 0. The number of fused-ring (bicyclic) bond motifs is 1. The highest BCUT2D eigenvalue weighted by Gasteiger charge is 2.20. The molecule has 5 heteroatoms. The maximum Gasteiger partial charge on any atom is 0.231 e. The van der Waals surface area contributed by atoms with E-state index in [2.05, 4.69) is 0 Å². The molecule has 5 nitrogen and oxygen atoms in total. The van der Waals surface area contributed by atoms with Gasteiger partial charge in [0.2, 0.25) is 12.7 Å². The minimum Gasteiger partial charge on any atom is -0.467 e. The first-order valence-electron chi connectivity index (χ1n) is 7.33. The Morgan fingerprint density at radius 2 is 2.00 bits per heavy atom. The molecule has 3 rings (SSSR count). The molecule has 0 spiro atoms. The van der Waals surface area contributed by atoms with Gasteiger partial charge in [0.05, 0.1) is 12.8 Å². The molecular weight excluding hydrogens is 282 g/mol. The fourth-order valence-corrected chi connectivity index (χ4v) is 2.43. The van der Waals surface area contributed by atoms with Gasteiger partial charge in [-0.05, 0) is 29.8 Å². The number of carbonyl (C=O) groups is 1. The molecule has 1 aromatic carbocycles. The van der Waals surface area contributed by atoms with Gasteiger partial charge in [-0.3, -0.25) is 4.79 Å². The van der Waals surface area contributed by atoms with Crippen LogP contribution in [0.2, 0.25) is 0 Å². The zero-order valence-corrected chi connectivity index (χ0v) is 12.7. The molecule has 116 valence electrons. The normalized spacial score (nSPS) is 12.7. The van der Waals surface area contributed by atoms with Crippen LogP contribution in [0.4, 0.5) is 0 Å². The van der Waals surface area contributed by atoms with E-state index in [0.29, 0.717) is 13.1 Å². The van der Waals surface area contributed by atoms with Crippen LogP contribution in [0.3, 0.4) is 0 Å². The van der Waals surface area contributed by atoms with Crippen LogP contribution in [0.1, 0.15) is 25.2 Å². The Morgan fingerprint density at radius 3 is 2.73 bits per heavy atom. The molecule has 0 aliphatic carbocycles. The van der Waals surface area contributed by atoms with Crippen LogP contribution >= 0.6 is 0 Å². The maximum atomic E-state index is 12.4. The molecule has 0 saturated carbocycles. The number of benzene rings is 1. The number of ether oxygens (including phenoxy) is 2. The standard InChI is InChI=1S/C17H19NO4/c1-12(2)17(19)18(10-14-4-3-7-20-14)9-13-5-6-15-16(8-13)22-11-21-15/h3-8,12H,9-11H2,1-2H3. The quantitative estimate of drug-likeness (QED) is 0.851. The van der Waals surface area contributed by atoms with Crippen LogP contribution in [0.25, 0.3) is 0 Å². The molecule has 0 saturated heterocycles. The van der Waals surface area contributed by atoms with Crippen molar-refractivity contribution >= 4 is 5.91 Å². The summed E-state index contributed by atoms with van der Waals surface area (Å²) >= 11 is 0. The summed E-state index contributed by atoms with van der Waals surface area (Å²) < 4.78 is 16.1. The van der Waals surface area contributed by atoms with Crippen molar-refractivity contribution in [2.45, 2.75) is 26.9 Å². The van der Waals surface area contributed by atoms with Crippen LogP contribution in [-0.2, 0) is 17.9 Å². The molecular formula is C17H19NO4. The monoisotopic (exact) mass is 301 g/mol. The second-order valence-corrected chi connectivity index (χ2v) is 5.62. The van der Waals surface area contributed by atoms with Gasteiger partial charge in [-0.2, -0.15) is 0 Å². The Kier molecular flexibility index (Phi) is 4.04. The van der Waals surface area contributed by atoms with Gasteiger partial charge in [0.15, 0.2) is 11.5 Å². The highest BCUT2D eigenvalue weighted by Crippen LogP contribution is 2.33. The van der Waals surface area contributed by atoms with Crippen LogP contribution in [0.5, 0.6) is 11.5 Å². The van der Waals surface area contributed by atoms with E-state index in [1.54, 1.807) is 11.2 Å². The fraction of sp³-hybridized carbons (Fsp3) is 0.353. The van der Waals surface area contributed by atoms with Crippen molar-refractivity contribution < 1.29 is 18.7 Å². The Hall–Kier alpha value is -2.43. The van der Waals surface area contributed by atoms with E-state index in [9.17, 15) is 4.79 Å².